The van der Waals surface area contributed by atoms with Gasteiger partial charge in [-0.25, -0.2) is 13.6 Å². The van der Waals surface area contributed by atoms with Crippen LogP contribution in [0.1, 0.15) is 38.4 Å². The molecule has 0 N–H and O–H groups in total. The normalized spacial score (nSPS) is 12.8. The van der Waals surface area contributed by atoms with Crippen LogP contribution < -0.4 is 0 Å². The van der Waals surface area contributed by atoms with Crippen molar-refractivity contribution in [3.05, 3.63) is 18.0 Å². The van der Waals surface area contributed by atoms with Crippen LogP contribution in [0.3, 0.4) is 0 Å². The van der Waals surface area contributed by atoms with Crippen LogP contribution in [-0.2, 0) is 9.53 Å². The fourth-order valence-corrected chi connectivity index (χ4v) is 1.34. The van der Waals surface area contributed by atoms with E-state index in [1.54, 1.807) is 13.8 Å². The lowest BCUT2D eigenvalue weighted by atomic mass is 10.2. The molecule has 1 aromatic heterocycles. The molecule has 0 aliphatic carbocycles. The average Bonchev–Trinajstić information content (AvgIpc) is 2.68. The van der Waals surface area contributed by atoms with Gasteiger partial charge in [-0.05, 0) is 19.4 Å². The lowest BCUT2D eigenvalue weighted by molar-refractivity contribution is -0.147. The Balaban J connectivity index is 2.82. The highest BCUT2D eigenvalue weighted by Crippen LogP contribution is 2.19. The summed E-state index contributed by atoms with van der Waals surface area (Å²) in [6.45, 7) is 3.72. The van der Waals surface area contributed by atoms with Gasteiger partial charge in [-0.15, -0.1) is 0 Å². The number of carbonyl (C=O) groups excluding carboxylic acids is 1. The van der Waals surface area contributed by atoms with Crippen LogP contribution in [0.4, 0.5) is 8.78 Å². The summed E-state index contributed by atoms with van der Waals surface area (Å²) in [5, 5.41) is 3.65. The standard InChI is InChI=1S/C10H14F2N2O2/c1-3-8(10(15)16-4-2)14-6-5-7(13-14)9(11)12/h5-6,8-9H,3-4H2,1-2H3/t8-/m1/s1. The van der Waals surface area contributed by atoms with Crippen LogP contribution in [0.2, 0.25) is 0 Å². The zero-order valence-corrected chi connectivity index (χ0v) is 9.19. The first-order chi connectivity index (χ1) is 7.60. The molecule has 0 aromatic carbocycles. The van der Waals surface area contributed by atoms with Crippen molar-refractivity contribution in [2.75, 3.05) is 6.61 Å². The van der Waals surface area contributed by atoms with Crippen LogP contribution in [0.15, 0.2) is 12.3 Å². The molecule has 16 heavy (non-hydrogen) atoms. The summed E-state index contributed by atoms with van der Waals surface area (Å²) >= 11 is 0. The van der Waals surface area contributed by atoms with E-state index in [1.165, 1.54) is 16.9 Å². The molecule has 6 heteroatoms. The zero-order valence-electron chi connectivity index (χ0n) is 9.19. The second-order valence-electron chi connectivity index (χ2n) is 3.20. The molecule has 4 nitrogen and oxygen atoms in total. The number of carbonyl (C=O) groups is 1. The average molecular weight is 232 g/mol. The Labute approximate surface area is 92.2 Å². The summed E-state index contributed by atoms with van der Waals surface area (Å²) in [5.41, 5.74) is -0.331. The van der Waals surface area contributed by atoms with Crippen LogP contribution in [-0.4, -0.2) is 22.4 Å². The third-order valence-corrected chi connectivity index (χ3v) is 2.12. The van der Waals surface area contributed by atoms with Crippen molar-refractivity contribution in [1.82, 2.24) is 9.78 Å². The third-order valence-electron chi connectivity index (χ3n) is 2.12. The zero-order chi connectivity index (χ0) is 12.1. The predicted molar refractivity (Wildman–Crippen MR) is 53.1 cm³/mol. The van der Waals surface area contributed by atoms with E-state index in [9.17, 15) is 13.6 Å². The molecule has 0 amide bonds. The van der Waals surface area contributed by atoms with Crippen molar-refractivity contribution in [3.63, 3.8) is 0 Å². The van der Waals surface area contributed by atoms with E-state index in [0.717, 1.165) is 0 Å². The number of ether oxygens (including phenoxy) is 1. The minimum absolute atomic E-state index is 0.262. The Morgan fingerprint density at radius 1 is 1.56 bits per heavy atom. The van der Waals surface area contributed by atoms with E-state index in [-0.39, 0.29) is 12.3 Å². The molecule has 90 valence electrons. The molecule has 0 bridgehead atoms. The molecule has 0 unspecified atom stereocenters. The van der Waals surface area contributed by atoms with Crippen LogP contribution in [0.25, 0.3) is 0 Å². The predicted octanol–water partition coefficient (Wildman–Crippen LogP) is 2.33. The number of aromatic nitrogens is 2. The number of alkyl halides is 2. The summed E-state index contributed by atoms with van der Waals surface area (Å²) in [6, 6.07) is 0.569. The van der Waals surface area contributed by atoms with Gasteiger partial charge in [0.1, 0.15) is 11.7 Å². The molecule has 0 aliphatic rings. The molecular formula is C10H14F2N2O2. The SMILES string of the molecule is CCOC(=O)[C@@H](CC)n1ccc(C(F)F)n1. The fraction of sp³-hybridized carbons (Fsp3) is 0.600. The van der Waals surface area contributed by atoms with E-state index < -0.39 is 18.4 Å². The van der Waals surface area contributed by atoms with E-state index >= 15 is 0 Å². The smallest absolute Gasteiger partial charge is 0.330 e. The Hall–Kier alpha value is -1.46. The quantitative estimate of drug-likeness (QED) is 0.732. The molecule has 1 aromatic rings. The van der Waals surface area contributed by atoms with Gasteiger partial charge >= 0.3 is 5.97 Å². The Kier molecular flexibility index (Phi) is 4.39. The monoisotopic (exact) mass is 232 g/mol. The number of hydrogen-bond acceptors (Lipinski definition) is 3. The van der Waals surface area contributed by atoms with Crippen molar-refractivity contribution in [2.24, 2.45) is 0 Å². The van der Waals surface area contributed by atoms with E-state index in [1.807, 2.05) is 0 Å². The molecular weight excluding hydrogens is 218 g/mol. The maximum absolute atomic E-state index is 12.3. The number of nitrogens with zero attached hydrogens (tertiary/aromatic N) is 2. The number of rotatable bonds is 5. The van der Waals surface area contributed by atoms with E-state index in [4.69, 9.17) is 4.74 Å². The molecule has 1 heterocycles. The highest BCUT2D eigenvalue weighted by Gasteiger charge is 2.22. The van der Waals surface area contributed by atoms with Gasteiger partial charge in [0.15, 0.2) is 0 Å². The maximum atomic E-state index is 12.3. The van der Waals surface area contributed by atoms with Crippen molar-refractivity contribution in [1.29, 1.82) is 0 Å². The largest absolute Gasteiger partial charge is 0.464 e. The molecule has 0 fully saturated rings. The van der Waals surface area contributed by atoms with Gasteiger partial charge in [0.25, 0.3) is 6.43 Å². The van der Waals surface area contributed by atoms with Gasteiger partial charge in [-0.2, -0.15) is 5.10 Å². The Bertz CT molecular complexity index is 352. The fourth-order valence-electron chi connectivity index (χ4n) is 1.34. The maximum Gasteiger partial charge on any atom is 0.330 e. The first-order valence-corrected chi connectivity index (χ1v) is 5.10. The van der Waals surface area contributed by atoms with Gasteiger partial charge in [0.2, 0.25) is 0 Å². The minimum Gasteiger partial charge on any atom is -0.464 e. The second-order valence-corrected chi connectivity index (χ2v) is 3.20. The number of esters is 1. The molecule has 0 spiro atoms. The topological polar surface area (TPSA) is 44.1 Å². The summed E-state index contributed by atoms with van der Waals surface area (Å²) in [4.78, 5) is 11.5. The third kappa shape index (κ3) is 2.77. The molecule has 0 saturated heterocycles. The van der Waals surface area contributed by atoms with Gasteiger partial charge in [0.05, 0.1) is 6.61 Å². The lowest BCUT2D eigenvalue weighted by Gasteiger charge is -2.13. The summed E-state index contributed by atoms with van der Waals surface area (Å²) < 4.78 is 30.7. The molecule has 1 atom stereocenters. The number of hydrogen-bond donors (Lipinski definition) is 0. The minimum atomic E-state index is -2.62. The van der Waals surface area contributed by atoms with Gasteiger partial charge in [-0.1, -0.05) is 6.92 Å². The Morgan fingerprint density at radius 2 is 2.25 bits per heavy atom. The van der Waals surface area contributed by atoms with Crippen LogP contribution in [0, 0.1) is 0 Å². The Morgan fingerprint density at radius 3 is 2.69 bits per heavy atom. The van der Waals surface area contributed by atoms with Crippen molar-refractivity contribution in [3.8, 4) is 0 Å². The first-order valence-electron chi connectivity index (χ1n) is 5.10. The van der Waals surface area contributed by atoms with Crippen molar-refractivity contribution in [2.45, 2.75) is 32.7 Å². The summed E-state index contributed by atoms with van der Waals surface area (Å²) in [6.07, 6.45) is -0.809. The lowest BCUT2D eigenvalue weighted by Crippen LogP contribution is -2.22. The summed E-state index contributed by atoms with van der Waals surface area (Å²) in [7, 11) is 0. The van der Waals surface area contributed by atoms with Crippen molar-refractivity contribution < 1.29 is 18.3 Å². The first kappa shape index (κ1) is 12.6. The second kappa shape index (κ2) is 5.58. The van der Waals surface area contributed by atoms with E-state index in [2.05, 4.69) is 5.10 Å². The van der Waals surface area contributed by atoms with Crippen LogP contribution >= 0.6 is 0 Å². The molecule has 0 radical (unpaired) electrons. The molecule has 0 aliphatic heterocycles. The molecule has 1 rings (SSSR count). The van der Waals surface area contributed by atoms with Crippen molar-refractivity contribution >= 4 is 5.97 Å². The summed E-state index contributed by atoms with van der Waals surface area (Å²) in [5.74, 6) is -0.450. The van der Waals surface area contributed by atoms with Crippen LogP contribution in [0.5, 0.6) is 0 Å². The highest BCUT2D eigenvalue weighted by molar-refractivity contribution is 5.73. The van der Waals surface area contributed by atoms with E-state index in [0.29, 0.717) is 6.42 Å². The van der Waals surface area contributed by atoms with Gasteiger partial charge < -0.3 is 4.74 Å². The number of halogens is 2. The van der Waals surface area contributed by atoms with Gasteiger partial charge in [-0.3, -0.25) is 4.68 Å². The highest BCUT2D eigenvalue weighted by atomic mass is 19.3. The van der Waals surface area contributed by atoms with Gasteiger partial charge in [0, 0.05) is 6.20 Å². The molecule has 0 saturated carbocycles.